The molecular formula is C11H19N3. The second kappa shape index (κ2) is 3.73. The van der Waals surface area contributed by atoms with E-state index < -0.39 is 0 Å². The van der Waals surface area contributed by atoms with Crippen LogP contribution in [0.15, 0.2) is 12.3 Å². The Hall–Kier alpha value is -0.830. The SMILES string of the molecule is CNCC1(Cc2ccn(C)n2)CCC1. The monoisotopic (exact) mass is 193 g/mol. The first-order valence-corrected chi connectivity index (χ1v) is 5.37. The summed E-state index contributed by atoms with van der Waals surface area (Å²) in [6, 6.07) is 2.13. The van der Waals surface area contributed by atoms with Crippen LogP contribution in [0.3, 0.4) is 0 Å². The molecule has 1 fully saturated rings. The zero-order chi connectivity index (χ0) is 10.0. The van der Waals surface area contributed by atoms with E-state index in [4.69, 9.17) is 0 Å². The molecule has 0 aromatic carbocycles. The summed E-state index contributed by atoms with van der Waals surface area (Å²) in [5.74, 6) is 0. The molecular weight excluding hydrogens is 174 g/mol. The van der Waals surface area contributed by atoms with E-state index in [1.807, 2.05) is 25.0 Å². The summed E-state index contributed by atoms with van der Waals surface area (Å²) >= 11 is 0. The molecule has 1 saturated carbocycles. The third kappa shape index (κ3) is 1.82. The lowest BCUT2D eigenvalue weighted by Gasteiger charge is -2.41. The van der Waals surface area contributed by atoms with E-state index in [9.17, 15) is 0 Å². The lowest BCUT2D eigenvalue weighted by atomic mass is 9.66. The van der Waals surface area contributed by atoms with Gasteiger partial charge in [0.2, 0.25) is 0 Å². The van der Waals surface area contributed by atoms with Crippen LogP contribution in [0.5, 0.6) is 0 Å². The molecule has 0 unspecified atom stereocenters. The van der Waals surface area contributed by atoms with Crippen molar-refractivity contribution in [3.8, 4) is 0 Å². The van der Waals surface area contributed by atoms with E-state index in [-0.39, 0.29) is 0 Å². The standard InChI is InChI=1S/C11H19N3/c1-12-9-11(5-3-6-11)8-10-4-7-14(2)13-10/h4,7,12H,3,5-6,8-9H2,1-2H3. The highest BCUT2D eigenvalue weighted by molar-refractivity contribution is 5.06. The molecule has 1 heterocycles. The van der Waals surface area contributed by atoms with Gasteiger partial charge in [0.25, 0.3) is 0 Å². The van der Waals surface area contributed by atoms with Gasteiger partial charge in [-0.05, 0) is 37.8 Å². The number of aromatic nitrogens is 2. The Labute approximate surface area is 85.5 Å². The molecule has 78 valence electrons. The van der Waals surface area contributed by atoms with Gasteiger partial charge in [-0.15, -0.1) is 0 Å². The fraction of sp³-hybridized carbons (Fsp3) is 0.727. The summed E-state index contributed by atoms with van der Waals surface area (Å²) in [4.78, 5) is 0. The minimum absolute atomic E-state index is 0.503. The second-order valence-corrected chi connectivity index (χ2v) is 4.54. The van der Waals surface area contributed by atoms with Crippen molar-refractivity contribution in [2.24, 2.45) is 12.5 Å². The third-order valence-electron chi connectivity index (χ3n) is 3.29. The molecule has 1 N–H and O–H groups in total. The summed E-state index contributed by atoms with van der Waals surface area (Å²) in [6.45, 7) is 1.13. The number of hydrogen-bond donors (Lipinski definition) is 1. The lowest BCUT2D eigenvalue weighted by Crippen LogP contribution is -2.40. The van der Waals surface area contributed by atoms with E-state index >= 15 is 0 Å². The highest BCUT2D eigenvalue weighted by Gasteiger charge is 2.36. The van der Waals surface area contributed by atoms with Crippen LogP contribution in [0.1, 0.15) is 25.0 Å². The molecule has 0 radical (unpaired) electrons. The van der Waals surface area contributed by atoms with Crippen molar-refractivity contribution in [2.75, 3.05) is 13.6 Å². The molecule has 0 spiro atoms. The Morgan fingerprint density at radius 1 is 1.57 bits per heavy atom. The molecule has 0 amide bonds. The number of hydrogen-bond acceptors (Lipinski definition) is 2. The topological polar surface area (TPSA) is 29.9 Å². The van der Waals surface area contributed by atoms with Crippen LogP contribution in [-0.2, 0) is 13.5 Å². The first-order valence-electron chi connectivity index (χ1n) is 5.37. The van der Waals surface area contributed by atoms with E-state index in [0.29, 0.717) is 5.41 Å². The average Bonchev–Trinajstić information content (AvgIpc) is 2.48. The highest BCUT2D eigenvalue weighted by atomic mass is 15.2. The Morgan fingerprint density at radius 2 is 2.36 bits per heavy atom. The highest BCUT2D eigenvalue weighted by Crippen LogP contribution is 2.42. The average molecular weight is 193 g/mol. The van der Waals surface area contributed by atoms with Crippen LogP contribution in [0, 0.1) is 5.41 Å². The Kier molecular flexibility index (Phi) is 2.59. The molecule has 0 aliphatic heterocycles. The van der Waals surface area contributed by atoms with Gasteiger partial charge in [0.05, 0.1) is 5.69 Å². The molecule has 1 aliphatic carbocycles. The molecule has 1 aliphatic rings. The molecule has 2 rings (SSSR count). The van der Waals surface area contributed by atoms with Crippen molar-refractivity contribution < 1.29 is 0 Å². The minimum Gasteiger partial charge on any atom is -0.319 e. The van der Waals surface area contributed by atoms with Crippen LogP contribution < -0.4 is 5.32 Å². The van der Waals surface area contributed by atoms with Crippen molar-refractivity contribution in [1.82, 2.24) is 15.1 Å². The molecule has 3 nitrogen and oxygen atoms in total. The van der Waals surface area contributed by atoms with Crippen molar-refractivity contribution in [2.45, 2.75) is 25.7 Å². The Bertz CT molecular complexity index is 299. The second-order valence-electron chi connectivity index (χ2n) is 4.54. The molecule has 14 heavy (non-hydrogen) atoms. The van der Waals surface area contributed by atoms with Crippen LogP contribution in [0.2, 0.25) is 0 Å². The number of nitrogens with one attached hydrogen (secondary N) is 1. The summed E-state index contributed by atoms with van der Waals surface area (Å²) in [6.07, 6.45) is 7.25. The molecule has 1 aromatic heterocycles. The lowest BCUT2D eigenvalue weighted by molar-refractivity contribution is 0.132. The molecule has 1 aromatic rings. The van der Waals surface area contributed by atoms with Crippen LogP contribution >= 0.6 is 0 Å². The van der Waals surface area contributed by atoms with Gasteiger partial charge < -0.3 is 5.32 Å². The zero-order valence-electron chi connectivity index (χ0n) is 9.08. The van der Waals surface area contributed by atoms with Crippen LogP contribution in [0.25, 0.3) is 0 Å². The van der Waals surface area contributed by atoms with Gasteiger partial charge in [-0.2, -0.15) is 5.10 Å². The predicted molar refractivity (Wildman–Crippen MR) is 57.1 cm³/mol. The van der Waals surface area contributed by atoms with Crippen molar-refractivity contribution in [3.63, 3.8) is 0 Å². The van der Waals surface area contributed by atoms with Crippen LogP contribution in [-0.4, -0.2) is 23.4 Å². The van der Waals surface area contributed by atoms with Crippen molar-refractivity contribution in [3.05, 3.63) is 18.0 Å². The first-order chi connectivity index (χ1) is 6.74. The number of rotatable bonds is 4. The van der Waals surface area contributed by atoms with Gasteiger partial charge in [0.1, 0.15) is 0 Å². The van der Waals surface area contributed by atoms with Gasteiger partial charge in [-0.25, -0.2) is 0 Å². The third-order valence-corrected chi connectivity index (χ3v) is 3.29. The fourth-order valence-electron chi connectivity index (χ4n) is 2.41. The van der Waals surface area contributed by atoms with Crippen molar-refractivity contribution >= 4 is 0 Å². The molecule has 0 saturated heterocycles. The summed E-state index contributed by atoms with van der Waals surface area (Å²) < 4.78 is 1.89. The van der Waals surface area contributed by atoms with Gasteiger partial charge in [-0.1, -0.05) is 6.42 Å². The maximum atomic E-state index is 4.45. The molecule has 3 heteroatoms. The van der Waals surface area contributed by atoms with Crippen molar-refractivity contribution in [1.29, 1.82) is 0 Å². The zero-order valence-corrected chi connectivity index (χ0v) is 9.08. The minimum atomic E-state index is 0.503. The number of aryl methyl sites for hydroxylation is 1. The smallest absolute Gasteiger partial charge is 0.0630 e. The van der Waals surface area contributed by atoms with Gasteiger partial charge >= 0.3 is 0 Å². The summed E-state index contributed by atoms with van der Waals surface area (Å²) in [7, 11) is 4.02. The van der Waals surface area contributed by atoms with E-state index in [0.717, 1.165) is 13.0 Å². The van der Waals surface area contributed by atoms with Gasteiger partial charge in [-0.3, -0.25) is 4.68 Å². The fourth-order valence-corrected chi connectivity index (χ4v) is 2.41. The largest absolute Gasteiger partial charge is 0.319 e. The van der Waals surface area contributed by atoms with Gasteiger partial charge in [0.15, 0.2) is 0 Å². The quantitative estimate of drug-likeness (QED) is 0.782. The van der Waals surface area contributed by atoms with E-state index in [2.05, 4.69) is 16.5 Å². The van der Waals surface area contributed by atoms with Gasteiger partial charge in [0, 0.05) is 19.8 Å². The first kappa shape index (κ1) is 9.71. The predicted octanol–water partition coefficient (Wildman–Crippen LogP) is 1.35. The molecule has 0 bridgehead atoms. The van der Waals surface area contributed by atoms with Crippen LogP contribution in [0.4, 0.5) is 0 Å². The number of nitrogens with zero attached hydrogens (tertiary/aromatic N) is 2. The maximum Gasteiger partial charge on any atom is 0.0630 e. The Balaban J connectivity index is 2.01. The summed E-state index contributed by atoms with van der Waals surface area (Å²) in [5.41, 5.74) is 1.74. The summed E-state index contributed by atoms with van der Waals surface area (Å²) in [5, 5.41) is 7.75. The Morgan fingerprint density at radius 3 is 2.79 bits per heavy atom. The normalized spacial score (nSPS) is 19.3. The maximum absolute atomic E-state index is 4.45. The van der Waals surface area contributed by atoms with E-state index in [1.54, 1.807) is 0 Å². The van der Waals surface area contributed by atoms with E-state index in [1.165, 1.54) is 25.0 Å². The molecule has 0 atom stereocenters.